The van der Waals surface area contributed by atoms with Crippen molar-refractivity contribution in [2.75, 3.05) is 33.7 Å². The van der Waals surface area contributed by atoms with E-state index >= 15 is 0 Å². The topological polar surface area (TPSA) is 49.9 Å². The predicted octanol–water partition coefficient (Wildman–Crippen LogP) is 1.13. The second-order valence-electron chi connectivity index (χ2n) is 6.89. The van der Waals surface area contributed by atoms with Gasteiger partial charge in [-0.15, -0.1) is 0 Å². The van der Waals surface area contributed by atoms with E-state index in [4.69, 9.17) is 4.74 Å². The van der Waals surface area contributed by atoms with Gasteiger partial charge in [-0.3, -0.25) is 9.59 Å². The van der Waals surface area contributed by atoms with E-state index in [0.29, 0.717) is 5.92 Å². The van der Waals surface area contributed by atoms with Crippen LogP contribution >= 0.6 is 0 Å². The molecule has 0 aromatic carbocycles. The van der Waals surface area contributed by atoms with Crippen molar-refractivity contribution in [3.8, 4) is 0 Å². The van der Waals surface area contributed by atoms with Crippen molar-refractivity contribution in [1.82, 2.24) is 9.80 Å². The molecule has 2 aliphatic heterocycles. The number of piperidine rings is 1. The Morgan fingerprint density at radius 1 is 1.45 bits per heavy atom. The van der Waals surface area contributed by atoms with Crippen LogP contribution in [0.25, 0.3) is 0 Å². The maximum Gasteiger partial charge on any atom is 0.307 e. The summed E-state index contributed by atoms with van der Waals surface area (Å²) in [6.45, 7) is 6.29. The molecule has 2 aliphatic rings. The molecule has 2 unspecified atom stereocenters. The molecular weight excluding hydrogens is 256 g/mol. The third-order valence-corrected chi connectivity index (χ3v) is 4.34. The van der Waals surface area contributed by atoms with Crippen LogP contribution in [0.15, 0.2) is 0 Å². The zero-order chi connectivity index (χ0) is 14.9. The number of likely N-dealkylation sites (tertiary alicyclic amines) is 1. The summed E-state index contributed by atoms with van der Waals surface area (Å²) >= 11 is 0. The molecule has 0 N–H and O–H groups in total. The molecule has 0 radical (unpaired) electrons. The Hall–Kier alpha value is -1.10. The number of esters is 1. The molecule has 0 spiro atoms. The highest BCUT2D eigenvalue weighted by Crippen LogP contribution is 2.34. The third-order valence-electron chi connectivity index (χ3n) is 4.34. The van der Waals surface area contributed by atoms with Crippen molar-refractivity contribution in [2.24, 2.45) is 11.8 Å². The summed E-state index contributed by atoms with van der Waals surface area (Å²) in [5, 5.41) is 0. The van der Waals surface area contributed by atoms with E-state index in [1.165, 1.54) is 6.42 Å². The second kappa shape index (κ2) is 5.72. The predicted molar refractivity (Wildman–Crippen MR) is 76.1 cm³/mol. The van der Waals surface area contributed by atoms with Crippen molar-refractivity contribution in [3.63, 3.8) is 0 Å². The van der Waals surface area contributed by atoms with Crippen molar-refractivity contribution >= 4 is 11.9 Å². The summed E-state index contributed by atoms with van der Waals surface area (Å²) < 4.78 is 5.27. The van der Waals surface area contributed by atoms with Gasteiger partial charge in [-0.1, -0.05) is 0 Å². The minimum atomic E-state index is -0.664. The molecule has 2 atom stereocenters. The maximum absolute atomic E-state index is 12.7. The number of hydrogen-bond acceptors (Lipinski definition) is 4. The van der Waals surface area contributed by atoms with Crippen LogP contribution in [0.2, 0.25) is 0 Å². The van der Waals surface area contributed by atoms with Gasteiger partial charge in [-0.25, -0.2) is 0 Å². The SMILES string of the molecule is CN(C)CC1CCCN(C(=O)C2CC(=O)OC2(C)C)C1. The Labute approximate surface area is 121 Å². The molecule has 20 heavy (non-hydrogen) atoms. The van der Waals surface area contributed by atoms with Crippen LogP contribution in [-0.2, 0) is 14.3 Å². The smallest absolute Gasteiger partial charge is 0.307 e. The summed E-state index contributed by atoms with van der Waals surface area (Å²) in [6, 6.07) is 0. The fourth-order valence-corrected chi connectivity index (χ4v) is 3.35. The van der Waals surface area contributed by atoms with Gasteiger partial charge in [0.05, 0.1) is 12.3 Å². The Morgan fingerprint density at radius 3 is 2.70 bits per heavy atom. The minimum Gasteiger partial charge on any atom is -0.459 e. The van der Waals surface area contributed by atoms with Crippen LogP contribution < -0.4 is 0 Å². The van der Waals surface area contributed by atoms with Crippen molar-refractivity contribution in [1.29, 1.82) is 0 Å². The van der Waals surface area contributed by atoms with E-state index in [1.807, 2.05) is 18.7 Å². The van der Waals surface area contributed by atoms with Crippen LogP contribution in [0, 0.1) is 11.8 Å². The first-order valence-electron chi connectivity index (χ1n) is 7.45. The summed E-state index contributed by atoms with van der Waals surface area (Å²) in [4.78, 5) is 28.2. The van der Waals surface area contributed by atoms with Crippen molar-refractivity contribution in [3.05, 3.63) is 0 Å². The maximum atomic E-state index is 12.7. The Morgan fingerprint density at radius 2 is 2.15 bits per heavy atom. The average Bonchev–Trinajstić information content (AvgIpc) is 2.61. The number of ether oxygens (including phenoxy) is 1. The molecule has 2 rings (SSSR count). The molecule has 1 amide bonds. The minimum absolute atomic E-state index is 0.0873. The molecule has 2 fully saturated rings. The molecule has 0 bridgehead atoms. The number of carbonyl (C=O) groups is 2. The first-order chi connectivity index (χ1) is 9.29. The van der Waals surface area contributed by atoms with Crippen LogP contribution in [0.5, 0.6) is 0 Å². The quantitative estimate of drug-likeness (QED) is 0.728. The van der Waals surface area contributed by atoms with Crippen LogP contribution in [0.1, 0.15) is 33.1 Å². The van der Waals surface area contributed by atoms with E-state index in [9.17, 15) is 9.59 Å². The molecule has 0 aromatic heterocycles. The normalized spacial score (nSPS) is 29.6. The van der Waals surface area contributed by atoms with Gasteiger partial charge in [0, 0.05) is 19.6 Å². The van der Waals surface area contributed by atoms with Gasteiger partial charge < -0.3 is 14.5 Å². The first-order valence-corrected chi connectivity index (χ1v) is 7.45. The standard InChI is InChI=1S/C15H26N2O3/c1-15(2)12(8-13(18)20-15)14(19)17-7-5-6-11(10-17)9-16(3)4/h11-12H,5-10H2,1-4H3. The highest BCUT2D eigenvalue weighted by atomic mass is 16.6. The van der Waals surface area contributed by atoms with Gasteiger partial charge >= 0.3 is 5.97 Å². The average molecular weight is 282 g/mol. The molecule has 0 aromatic rings. The summed E-state index contributed by atoms with van der Waals surface area (Å²) in [5.41, 5.74) is -0.664. The molecule has 5 nitrogen and oxygen atoms in total. The molecule has 2 saturated heterocycles. The number of hydrogen-bond donors (Lipinski definition) is 0. The highest BCUT2D eigenvalue weighted by molar-refractivity contribution is 5.87. The largest absolute Gasteiger partial charge is 0.459 e. The fourth-order valence-electron chi connectivity index (χ4n) is 3.35. The lowest BCUT2D eigenvalue weighted by Gasteiger charge is -2.37. The van der Waals surface area contributed by atoms with Crippen LogP contribution in [0.4, 0.5) is 0 Å². The van der Waals surface area contributed by atoms with Gasteiger partial charge in [0.2, 0.25) is 5.91 Å². The molecule has 114 valence electrons. The second-order valence-corrected chi connectivity index (χ2v) is 6.89. The summed E-state index contributed by atoms with van der Waals surface area (Å²) in [6.07, 6.45) is 2.44. The van der Waals surface area contributed by atoms with E-state index in [-0.39, 0.29) is 24.2 Å². The molecule has 0 saturated carbocycles. The molecule has 0 aliphatic carbocycles. The zero-order valence-corrected chi connectivity index (χ0v) is 13.0. The number of cyclic esters (lactones) is 1. The Kier molecular flexibility index (Phi) is 4.37. The van der Waals surface area contributed by atoms with Crippen molar-refractivity contribution < 1.29 is 14.3 Å². The Bertz CT molecular complexity index is 393. The number of rotatable bonds is 3. The molecule has 5 heteroatoms. The van der Waals surface area contributed by atoms with Gasteiger partial charge in [0.15, 0.2) is 0 Å². The van der Waals surface area contributed by atoms with Gasteiger partial charge in [0.25, 0.3) is 0 Å². The summed E-state index contributed by atoms with van der Waals surface area (Å²) in [7, 11) is 4.13. The van der Waals surface area contributed by atoms with Crippen LogP contribution in [0.3, 0.4) is 0 Å². The van der Waals surface area contributed by atoms with Crippen molar-refractivity contribution in [2.45, 2.75) is 38.7 Å². The van der Waals surface area contributed by atoms with Gasteiger partial charge in [0.1, 0.15) is 5.60 Å². The van der Waals surface area contributed by atoms with E-state index < -0.39 is 5.60 Å². The molecule has 2 heterocycles. The third kappa shape index (κ3) is 3.32. The lowest BCUT2D eigenvalue weighted by molar-refractivity contribution is -0.149. The van der Waals surface area contributed by atoms with E-state index in [2.05, 4.69) is 19.0 Å². The van der Waals surface area contributed by atoms with Crippen LogP contribution in [-0.4, -0.2) is 61.0 Å². The summed E-state index contributed by atoms with van der Waals surface area (Å²) in [5.74, 6) is 0.0384. The van der Waals surface area contributed by atoms with E-state index in [1.54, 1.807) is 0 Å². The lowest BCUT2D eigenvalue weighted by Crippen LogP contribution is -2.48. The van der Waals surface area contributed by atoms with Gasteiger partial charge in [-0.05, 0) is 46.7 Å². The fraction of sp³-hybridized carbons (Fsp3) is 0.867. The first kappa shape index (κ1) is 15.3. The van der Waals surface area contributed by atoms with E-state index in [0.717, 1.165) is 26.1 Å². The lowest BCUT2D eigenvalue weighted by atomic mass is 9.88. The number of amides is 1. The number of nitrogens with zero attached hydrogens (tertiary/aromatic N) is 2. The monoisotopic (exact) mass is 282 g/mol. The Balaban J connectivity index is 2.00. The highest BCUT2D eigenvalue weighted by Gasteiger charge is 2.47. The van der Waals surface area contributed by atoms with Gasteiger partial charge in [-0.2, -0.15) is 0 Å². The number of carbonyl (C=O) groups excluding carboxylic acids is 2. The zero-order valence-electron chi connectivity index (χ0n) is 13.0. The molecular formula is C15H26N2O3.